The highest BCUT2D eigenvalue weighted by Gasteiger charge is 2.35. The number of hydrogen-bond donors (Lipinski definition) is 2. The summed E-state index contributed by atoms with van der Waals surface area (Å²) in [5.41, 5.74) is 7.57. The Bertz CT molecular complexity index is 622. The number of benzene rings is 1. The Kier molecular flexibility index (Phi) is 7.76. The number of aryl methyl sites for hydroxylation is 1. The molecule has 1 aliphatic rings. The van der Waals surface area contributed by atoms with Crippen molar-refractivity contribution in [2.24, 2.45) is 5.73 Å². The molecule has 0 amide bonds. The van der Waals surface area contributed by atoms with Crippen LogP contribution in [-0.2, 0) is 12.0 Å². The van der Waals surface area contributed by atoms with Gasteiger partial charge in [-0.25, -0.2) is 4.98 Å². The molecular weight excluding hydrogens is 355 g/mol. The highest BCUT2D eigenvalue weighted by atomic mass is 35.5. The minimum Gasteiger partial charge on any atom is -0.337 e. The molecular formula is C19H28Cl2N4. The number of hydrogen-bond acceptors (Lipinski definition) is 3. The molecule has 1 saturated carbocycles. The number of halogens is 2. The molecule has 1 aromatic carbocycles. The van der Waals surface area contributed by atoms with Gasteiger partial charge in [-0.15, -0.1) is 12.4 Å². The molecule has 0 radical (unpaired) electrons. The maximum Gasteiger partial charge on any atom is 0.0945 e. The van der Waals surface area contributed by atoms with Gasteiger partial charge in [-0.2, -0.15) is 0 Å². The van der Waals surface area contributed by atoms with Crippen molar-refractivity contribution >= 4 is 24.0 Å². The third kappa shape index (κ3) is 5.20. The van der Waals surface area contributed by atoms with Crippen LogP contribution >= 0.6 is 24.0 Å². The minimum atomic E-state index is 0. The number of nitrogens with two attached hydrogens (primary N) is 1. The molecule has 0 saturated heterocycles. The van der Waals surface area contributed by atoms with Gasteiger partial charge in [-0.3, -0.25) is 0 Å². The molecule has 4 nitrogen and oxygen atoms in total. The van der Waals surface area contributed by atoms with E-state index in [4.69, 9.17) is 17.3 Å². The fraction of sp³-hybridized carbons (Fsp3) is 0.526. The maximum atomic E-state index is 6.18. The Morgan fingerprint density at radius 2 is 2.12 bits per heavy atom. The molecule has 1 aliphatic carbocycles. The lowest BCUT2D eigenvalue weighted by Gasteiger charge is -2.40. The second-order valence-corrected chi connectivity index (χ2v) is 7.31. The van der Waals surface area contributed by atoms with Crippen molar-refractivity contribution < 1.29 is 0 Å². The molecule has 25 heavy (non-hydrogen) atoms. The Morgan fingerprint density at radius 3 is 2.76 bits per heavy atom. The van der Waals surface area contributed by atoms with Gasteiger partial charge in [-0.1, -0.05) is 23.7 Å². The number of nitrogens with zero attached hydrogens (tertiary/aromatic N) is 2. The topological polar surface area (TPSA) is 55.9 Å². The molecule has 2 aromatic rings. The molecule has 3 N–H and O–H groups in total. The van der Waals surface area contributed by atoms with Gasteiger partial charge >= 0.3 is 0 Å². The number of nitrogens with one attached hydrogen (secondary N) is 1. The van der Waals surface area contributed by atoms with E-state index in [1.165, 1.54) is 18.4 Å². The quantitative estimate of drug-likeness (QED) is 0.716. The summed E-state index contributed by atoms with van der Waals surface area (Å²) in [4.78, 5) is 4.07. The van der Waals surface area contributed by atoms with Crippen molar-refractivity contribution in [2.75, 3.05) is 13.1 Å². The third-order valence-electron chi connectivity index (χ3n) is 5.36. The Morgan fingerprint density at radius 1 is 1.32 bits per heavy atom. The first-order valence-corrected chi connectivity index (χ1v) is 9.25. The average molecular weight is 383 g/mol. The van der Waals surface area contributed by atoms with E-state index in [-0.39, 0.29) is 17.8 Å². The summed E-state index contributed by atoms with van der Waals surface area (Å²) >= 11 is 6.18. The summed E-state index contributed by atoms with van der Waals surface area (Å²) < 4.78 is 2.13. The Labute approximate surface area is 161 Å². The molecule has 0 bridgehead atoms. The summed E-state index contributed by atoms with van der Waals surface area (Å²) in [5.74, 6) is 0. The highest BCUT2D eigenvalue weighted by Crippen LogP contribution is 2.39. The van der Waals surface area contributed by atoms with Crippen molar-refractivity contribution in [3.8, 4) is 0 Å². The smallest absolute Gasteiger partial charge is 0.0945 e. The second-order valence-electron chi connectivity index (χ2n) is 6.88. The second kappa shape index (κ2) is 9.58. The van der Waals surface area contributed by atoms with Crippen LogP contribution in [0, 0.1) is 0 Å². The molecule has 1 aromatic heterocycles. The first kappa shape index (κ1) is 20.2. The molecule has 1 heterocycles. The predicted molar refractivity (Wildman–Crippen MR) is 107 cm³/mol. The van der Waals surface area contributed by atoms with E-state index in [0.29, 0.717) is 12.6 Å². The fourth-order valence-corrected chi connectivity index (χ4v) is 3.98. The normalized spacial score (nSPS) is 23.2. The molecule has 0 aliphatic heterocycles. The van der Waals surface area contributed by atoms with Gasteiger partial charge in [0.15, 0.2) is 0 Å². The van der Waals surface area contributed by atoms with Crippen LogP contribution in [0.2, 0.25) is 5.02 Å². The lowest BCUT2D eigenvalue weighted by molar-refractivity contribution is 0.251. The maximum absolute atomic E-state index is 6.18. The highest BCUT2D eigenvalue weighted by molar-refractivity contribution is 6.30. The summed E-state index contributed by atoms with van der Waals surface area (Å²) in [6, 6.07) is 8.84. The summed E-state index contributed by atoms with van der Waals surface area (Å²) in [6.07, 6.45) is 11.5. The molecule has 1 fully saturated rings. The van der Waals surface area contributed by atoms with Crippen molar-refractivity contribution in [2.45, 2.75) is 50.1 Å². The summed E-state index contributed by atoms with van der Waals surface area (Å²) in [6.45, 7) is 2.77. The van der Waals surface area contributed by atoms with Crippen LogP contribution in [0.3, 0.4) is 0 Å². The van der Waals surface area contributed by atoms with Crippen LogP contribution < -0.4 is 11.1 Å². The first-order chi connectivity index (χ1) is 11.7. The predicted octanol–water partition coefficient (Wildman–Crippen LogP) is 3.78. The number of aromatic nitrogens is 2. The van der Waals surface area contributed by atoms with Gasteiger partial charge in [0.25, 0.3) is 0 Å². The Balaban J connectivity index is 0.00000225. The molecule has 3 rings (SSSR count). The largest absolute Gasteiger partial charge is 0.337 e. The van der Waals surface area contributed by atoms with Crippen LogP contribution in [0.4, 0.5) is 0 Å². The molecule has 0 atom stereocenters. The van der Waals surface area contributed by atoms with Gasteiger partial charge in [0.2, 0.25) is 0 Å². The third-order valence-corrected chi connectivity index (χ3v) is 5.59. The van der Waals surface area contributed by atoms with E-state index in [0.717, 1.165) is 37.4 Å². The van der Waals surface area contributed by atoms with Crippen LogP contribution in [0.5, 0.6) is 0 Å². The van der Waals surface area contributed by atoms with E-state index in [1.807, 2.05) is 30.9 Å². The summed E-state index contributed by atoms with van der Waals surface area (Å²) in [7, 11) is 0. The molecule has 0 unspecified atom stereocenters. The summed E-state index contributed by atoms with van der Waals surface area (Å²) in [5, 5.41) is 4.51. The van der Waals surface area contributed by atoms with Crippen LogP contribution in [0.1, 0.15) is 37.7 Å². The average Bonchev–Trinajstić information content (AvgIpc) is 3.13. The fourth-order valence-electron chi connectivity index (χ4n) is 3.79. The zero-order chi connectivity index (χ0) is 16.8. The van der Waals surface area contributed by atoms with Gasteiger partial charge in [-0.05, 0) is 56.3 Å². The standard InChI is InChI=1S/C19H27ClN4.ClH/c20-17-4-1-3-16(13-17)19(14-21)7-5-18(6-8-19)23-9-2-11-24-12-10-22-15-24;/h1,3-4,10,12-13,15,18,23H,2,5-9,11,14,21H2;1H/t18-,19+;. The lowest BCUT2D eigenvalue weighted by atomic mass is 9.68. The van der Waals surface area contributed by atoms with E-state index in [2.05, 4.69) is 27.0 Å². The van der Waals surface area contributed by atoms with E-state index >= 15 is 0 Å². The van der Waals surface area contributed by atoms with Crippen LogP contribution in [0.15, 0.2) is 43.0 Å². The van der Waals surface area contributed by atoms with Gasteiger partial charge < -0.3 is 15.6 Å². The molecule has 138 valence electrons. The zero-order valence-corrected chi connectivity index (χ0v) is 16.1. The van der Waals surface area contributed by atoms with Gasteiger partial charge in [0.05, 0.1) is 6.33 Å². The van der Waals surface area contributed by atoms with Gasteiger partial charge in [0.1, 0.15) is 0 Å². The minimum absolute atomic E-state index is 0. The van der Waals surface area contributed by atoms with E-state index in [1.54, 1.807) is 0 Å². The molecule has 6 heteroatoms. The van der Waals surface area contributed by atoms with Crippen molar-refractivity contribution in [1.29, 1.82) is 0 Å². The van der Waals surface area contributed by atoms with E-state index in [9.17, 15) is 0 Å². The lowest BCUT2D eigenvalue weighted by Crippen LogP contribution is -2.44. The number of rotatable bonds is 7. The van der Waals surface area contributed by atoms with E-state index < -0.39 is 0 Å². The van der Waals surface area contributed by atoms with Crippen LogP contribution in [-0.4, -0.2) is 28.7 Å². The monoisotopic (exact) mass is 382 g/mol. The Hall–Kier alpha value is -1.07. The zero-order valence-electron chi connectivity index (χ0n) is 14.5. The first-order valence-electron chi connectivity index (χ1n) is 8.87. The van der Waals surface area contributed by atoms with Crippen molar-refractivity contribution in [3.05, 3.63) is 53.6 Å². The number of imidazole rings is 1. The van der Waals surface area contributed by atoms with Gasteiger partial charge in [0, 0.05) is 42.0 Å². The molecule has 0 spiro atoms. The SMILES string of the molecule is Cl.NC[C@]1(c2cccc(Cl)c2)CC[C@@H](NCCCn2ccnc2)CC1. The van der Waals surface area contributed by atoms with Crippen molar-refractivity contribution in [3.63, 3.8) is 0 Å². The van der Waals surface area contributed by atoms with Crippen LogP contribution in [0.25, 0.3) is 0 Å². The van der Waals surface area contributed by atoms with Crippen molar-refractivity contribution in [1.82, 2.24) is 14.9 Å².